The Bertz CT molecular complexity index is 635. The molecule has 3 N–H and O–H groups in total. The molecule has 1 rings (SSSR count). The van der Waals surface area contributed by atoms with Crippen molar-refractivity contribution in [2.45, 2.75) is 105 Å². The molecular weight excluding hydrogens is 398 g/mol. The molecule has 0 aromatic carbocycles. The predicted octanol–water partition coefficient (Wildman–Crippen LogP) is 2.30. The number of ether oxygens (including phenoxy) is 1. The zero-order valence-corrected chi connectivity index (χ0v) is 20.1. The fourth-order valence-corrected chi connectivity index (χ4v) is 3.60. The summed E-state index contributed by atoms with van der Waals surface area (Å²) in [6.07, 6.45) is 2.52. The molecule has 5 atom stereocenters. The minimum Gasteiger partial charge on any atom is -0.460 e. The number of carbonyl (C=O) groups excluding carboxylic acids is 4. The Morgan fingerprint density at radius 1 is 0.968 bits per heavy atom. The van der Waals surface area contributed by atoms with Crippen LogP contribution in [0.15, 0.2) is 0 Å². The first-order valence-corrected chi connectivity index (χ1v) is 11.6. The van der Waals surface area contributed by atoms with Gasteiger partial charge in [0.1, 0.15) is 24.2 Å². The van der Waals surface area contributed by atoms with Crippen molar-refractivity contribution in [1.82, 2.24) is 16.0 Å². The van der Waals surface area contributed by atoms with Crippen LogP contribution in [0.4, 0.5) is 0 Å². The standard InChI is InChI=1S/C23H41N3O5/c1-8-9-10-15(6)18-12-19(27)26-20(14(4)5)22(29)24-16(7)21(28)25-17(11-13(2)3)23(30)31-18/h13-18,20H,8-12H2,1-7H3,(H,24,29)(H,25,28)(H,26,27)/t15-,16+,17-,18+,20+/m1/s1. The fraction of sp³-hybridized carbons (Fsp3) is 0.826. The quantitative estimate of drug-likeness (QED) is 0.527. The lowest BCUT2D eigenvalue weighted by Crippen LogP contribution is -2.55. The number of rotatable bonds is 7. The van der Waals surface area contributed by atoms with Crippen LogP contribution in [0.3, 0.4) is 0 Å². The van der Waals surface area contributed by atoms with Gasteiger partial charge in [0.2, 0.25) is 17.7 Å². The van der Waals surface area contributed by atoms with Crippen molar-refractivity contribution in [1.29, 1.82) is 0 Å². The molecule has 8 heteroatoms. The second-order valence-electron chi connectivity index (χ2n) is 9.51. The van der Waals surface area contributed by atoms with Crippen LogP contribution in [0.1, 0.15) is 80.6 Å². The highest BCUT2D eigenvalue weighted by molar-refractivity contribution is 5.93. The average Bonchev–Trinajstić information content (AvgIpc) is 2.67. The first-order valence-electron chi connectivity index (χ1n) is 11.6. The topological polar surface area (TPSA) is 114 Å². The van der Waals surface area contributed by atoms with Crippen LogP contribution in [0.25, 0.3) is 0 Å². The van der Waals surface area contributed by atoms with Crippen LogP contribution in [-0.4, -0.2) is 47.9 Å². The smallest absolute Gasteiger partial charge is 0.328 e. The molecule has 1 saturated heterocycles. The Morgan fingerprint density at radius 3 is 2.16 bits per heavy atom. The van der Waals surface area contributed by atoms with Crippen LogP contribution in [0.5, 0.6) is 0 Å². The molecule has 0 spiro atoms. The van der Waals surface area contributed by atoms with E-state index in [1.165, 1.54) is 0 Å². The van der Waals surface area contributed by atoms with Crippen molar-refractivity contribution in [3.8, 4) is 0 Å². The summed E-state index contributed by atoms with van der Waals surface area (Å²) < 4.78 is 5.79. The normalized spacial score (nSPS) is 27.4. The number of hydrogen-bond donors (Lipinski definition) is 3. The van der Waals surface area contributed by atoms with Crippen molar-refractivity contribution in [3.05, 3.63) is 0 Å². The maximum atomic E-state index is 13.0. The van der Waals surface area contributed by atoms with E-state index in [-0.39, 0.29) is 30.1 Å². The van der Waals surface area contributed by atoms with Crippen molar-refractivity contribution >= 4 is 23.7 Å². The lowest BCUT2D eigenvalue weighted by Gasteiger charge is -2.27. The zero-order valence-electron chi connectivity index (χ0n) is 20.1. The number of amides is 3. The molecule has 3 amide bonds. The monoisotopic (exact) mass is 439 g/mol. The van der Waals surface area contributed by atoms with Gasteiger partial charge in [-0.05, 0) is 37.5 Å². The molecule has 1 fully saturated rings. The second kappa shape index (κ2) is 12.7. The predicted molar refractivity (Wildman–Crippen MR) is 119 cm³/mol. The maximum Gasteiger partial charge on any atom is 0.328 e. The van der Waals surface area contributed by atoms with Crippen molar-refractivity contribution < 1.29 is 23.9 Å². The van der Waals surface area contributed by atoms with E-state index in [1.54, 1.807) is 6.92 Å². The third-order valence-corrected chi connectivity index (χ3v) is 5.63. The number of carbonyl (C=O) groups is 4. The number of hydrogen-bond acceptors (Lipinski definition) is 5. The number of unbranched alkanes of at least 4 members (excludes halogenated alkanes) is 1. The van der Waals surface area contributed by atoms with Crippen molar-refractivity contribution in [2.24, 2.45) is 17.8 Å². The first kappa shape index (κ1) is 26.9. The Morgan fingerprint density at radius 2 is 1.61 bits per heavy atom. The molecular formula is C23H41N3O5. The summed E-state index contributed by atoms with van der Waals surface area (Å²) >= 11 is 0. The number of nitrogens with one attached hydrogen (secondary N) is 3. The molecule has 0 unspecified atom stereocenters. The van der Waals surface area contributed by atoms with Crippen molar-refractivity contribution in [3.63, 3.8) is 0 Å². The number of esters is 1. The second-order valence-corrected chi connectivity index (χ2v) is 9.51. The van der Waals surface area contributed by atoms with Crippen LogP contribution in [-0.2, 0) is 23.9 Å². The molecule has 178 valence electrons. The maximum absolute atomic E-state index is 13.0. The Labute approximate surface area is 186 Å². The van der Waals surface area contributed by atoms with Gasteiger partial charge in [-0.2, -0.15) is 0 Å². The lowest BCUT2D eigenvalue weighted by molar-refractivity contribution is -0.157. The Balaban J connectivity index is 3.25. The van der Waals surface area contributed by atoms with Crippen LogP contribution in [0.2, 0.25) is 0 Å². The molecule has 0 radical (unpaired) electrons. The summed E-state index contributed by atoms with van der Waals surface area (Å²) in [6.45, 7) is 13.2. The van der Waals surface area contributed by atoms with E-state index >= 15 is 0 Å². The van der Waals surface area contributed by atoms with Gasteiger partial charge in [0.05, 0.1) is 6.42 Å². The summed E-state index contributed by atoms with van der Waals surface area (Å²) in [5, 5.41) is 8.15. The summed E-state index contributed by atoms with van der Waals surface area (Å²) in [6, 6.07) is -2.47. The molecule has 8 nitrogen and oxygen atoms in total. The van der Waals surface area contributed by atoms with Gasteiger partial charge < -0.3 is 20.7 Å². The first-order chi connectivity index (χ1) is 14.5. The Kier molecular flexibility index (Phi) is 11.0. The van der Waals surface area contributed by atoms with Gasteiger partial charge in [0.15, 0.2) is 0 Å². The minimum atomic E-state index is -0.854. The van der Waals surface area contributed by atoms with E-state index in [4.69, 9.17) is 4.74 Å². The highest BCUT2D eigenvalue weighted by atomic mass is 16.5. The van der Waals surface area contributed by atoms with Crippen LogP contribution >= 0.6 is 0 Å². The highest BCUT2D eigenvalue weighted by Gasteiger charge is 2.34. The zero-order chi connectivity index (χ0) is 23.7. The average molecular weight is 440 g/mol. The molecule has 1 aliphatic heterocycles. The SMILES string of the molecule is CCCC[C@@H](C)[C@@H]1CC(=O)N[C@@H](C(C)C)C(=O)N[C@@H](C)C(=O)N[C@H](CC(C)C)C(=O)O1. The molecule has 31 heavy (non-hydrogen) atoms. The van der Waals surface area contributed by atoms with E-state index in [0.29, 0.717) is 6.42 Å². The summed E-state index contributed by atoms with van der Waals surface area (Å²) in [7, 11) is 0. The van der Waals surface area contributed by atoms with Gasteiger partial charge in [-0.15, -0.1) is 0 Å². The molecule has 0 aromatic heterocycles. The van der Waals surface area contributed by atoms with E-state index in [2.05, 4.69) is 22.9 Å². The summed E-state index contributed by atoms with van der Waals surface area (Å²) in [5.74, 6) is -1.82. The lowest BCUT2D eigenvalue weighted by atomic mass is 9.94. The molecule has 0 aromatic rings. The van der Waals surface area contributed by atoms with Gasteiger partial charge in [-0.1, -0.05) is 54.4 Å². The van der Waals surface area contributed by atoms with E-state index in [1.807, 2.05) is 34.6 Å². The van der Waals surface area contributed by atoms with E-state index in [9.17, 15) is 19.2 Å². The molecule has 1 heterocycles. The third-order valence-electron chi connectivity index (χ3n) is 5.63. The van der Waals surface area contributed by atoms with Crippen LogP contribution in [0, 0.1) is 17.8 Å². The van der Waals surface area contributed by atoms with Gasteiger partial charge in [0.25, 0.3) is 0 Å². The van der Waals surface area contributed by atoms with Gasteiger partial charge in [-0.25, -0.2) is 4.79 Å². The van der Waals surface area contributed by atoms with Gasteiger partial charge >= 0.3 is 5.97 Å². The molecule has 0 saturated carbocycles. The molecule has 0 bridgehead atoms. The summed E-state index contributed by atoms with van der Waals surface area (Å²) in [5.41, 5.74) is 0. The van der Waals surface area contributed by atoms with Crippen molar-refractivity contribution in [2.75, 3.05) is 0 Å². The largest absolute Gasteiger partial charge is 0.460 e. The van der Waals surface area contributed by atoms with E-state index in [0.717, 1.165) is 19.3 Å². The summed E-state index contributed by atoms with van der Waals surface area (Å²) in [4.78, 5) is 51.2. The Hall–Kier alpha value is -2.12. The van der Waals surface area contributed by atoms with Gasteiger partial charge in [-0.3, -0.25) is 14.4 Å². The third kappa shape index (κ3) is 8.87. The minimum absolute atomic E-state index is 0.0228. The molecule has 1 aliphatic rings. The highest BCUT2D eigenvalue weighted by Crippen LogP contribution is 2.20. The number of cyclic esters (lactones) is 1. The van der Waals surface area contributed by atoms with E-state index < -0.39 is 42.0 Å². The van der Waals surface area contributed by atoms with Crippen LogP contribution < -0.4 is 16.0 Å². The molecule has 0 aliphatic carbocycles. The van der Waals surface area contributed by atoms with Gasteiger partial charge in [0, 0.05) is 0 Å². The fourth-order valence-electron chi connectivity index (χ4n) is 3.60.